The topological polar surface area (TPSA) is 82.8 Å². The van der Waals surface area contributed by atoms with E-state index in [0.29, 0.717) is 12.4 Å². The number of nitrogens with zero attached hydrogens (tertiary/aromatic N) is 3. The molecule has 1 heterocycles. The van der Waals surface area contributed by atoms with Crippen molar-refractivity contribution in [2.45, 2.75) is 25.9 Å². The molecule has 0 amide bonds. The van der Waals surface area contributed by atoms with Gasteiger partial charge in [0.1, 0.15) is 0 Å². The van der Waals surface area contributed by atoms with Gasteiger partial charge in [-0.1, -0.05) is 5.21 Å². The van der Waals surface area contributed by atoms with Crippen molar-refractivity contribution in [3.8, 4) is 0 Å². The summed E-state index contributed by atoms with van der Waals surface area (Å²) in [6.07, 6.45) is 1.66. The first-order valence-electron chi connectivity index (χ1n) is 3.42. The number of nitrogens with two attached hydrogens (primary N) is 2. The van der Waals surface area contributed by atoms with E-state index in [2.05, 4.69) is 10.3 Å². The Kier molecular flexibility index (Phi) is 1.82. The lowest BCUT2D eigenvalue weighted by molar-refractivity contribution is 0.402. The first kappa shape index (κ1) is 8.00. The predicted octanol–water partition coefficient (Wildman–Crippen LogP) is -0.402. The number of hydrogen-bond donors (Lipinski definition) is 2. The van der Waals surface area contributed by atoms with Crippen LogP contribution in [0.5, 0.6) is 0 Å². The van der Waals surface area contributed by atoms with Gasteiger partial charge in [-0.05, 0) is 13.8 Å². The zero-order valence-corrected chi connectivity index (χ0v) is 6.78. The Balaban J connectivity index is 2.65. The van der Waals surface area contributed by atoms with Crippen LogP contribution in [0.4, 0.5) is 5.82 Å². The van der Waals surface area contributed by atoms with Crippen molar-refractivity contribution in [1.29, 1.82) is 0 Å². The number of nitrogen functional groups attached to an aromatic ring is 1. The monoisotopic (exact) mass is 155 g/mol. The first-order valence-corrected chi connectivity index (χ1v) is 3.42. The molecule has 1 aromatic rings. The van der Waals surface area contributed by atoms with Crippen LogP contribution in [0, 0.1) is 0 Å². The van der Waals surface area contributed by atoms with Gasteiger partial charge in [-0.2, -0.15) is 0 Å². The quantitative estimate of drug-likeness (QED) is 0.608. The highest BCUT2D eigenvalue weighted by molar-refractivity contribution is 5.19. The third-order valence-corrected chi connectivity index (χ3v) is 1.13. The van der Waals surface area contributed by atoms with Gasteiger partial charge in [0, 0.05) is 5.54 Å². The van der Waals surface area contributed by atoms with Crippen molar-refractivity contribution in [3.05, 3.63) is 6.20 Å². The maximum atomic E-state index is 5.75. The van der Waals surface area contributed by atoms with E-state index >= 15 is 0 Å². The summed E-state index contributed by atoms with van der Waals surface area (Å²) in [6.45, 7) is 4.47. The van der Waals surface area contributed by atoms with E-state index < -0.39 is 0 Å². The van der Waals surface area contributed by atoms with Gasteiger partial charge in [0.25, 0.3) is 0 Å². The molecule has 0 aromatic carbocycles. The fraction of sp³-hybridized carbons (Fsp3) is 0.667. The Bertz CT molecular complexity index is 233. The Morgan fingerprint density at radius 3 is 2.64 bits per heavy atom. The fourth-order valence-electron chi connectivity index (χ4n) is 0.808. The van der Waals surface area contributed by atoms with Gasteiger partial charge in [-0.25, -0.2) is 4.68 Å². The van der Waals surface area contributed by atoms with Crippen LogP contribution in [0.2, 0.25) is 0 Å². The minimum absolute atomic E-state index is 0.278. The SMILES string of the molecule is CC(C)(N)Cn1cc(N)nn1. The summed E-state index contributed by atoms with van der Waals surface area (Å²) < 4.78 is 1.63. The molecule has 0 fully saturated rings. The van der Waals surface area contributed by atoms with Crippen LogP contribution in [-0.2, 0) is 6.54 Å². The average Bonchev–Trinajstić information content (AvgIpc) is 2.10. The minimum atomic E-state index is -0.278. The summed E-state index contributed by atoms with van der Waals surface area (Å²) in [6, 6.07) is 0. The smallest absolute Gasteiger partial charge is 0.165 e. The molecule has 4 N–H and O–H groups in total. The zero-order chi connectivity index (χ0) is 8.48. The average molecular weight is 155 g/mol. The molecule has 5 nitrogen and oxygen atoms in total. The molecule has 0 bridgehead atoms. The van der Waals surface area contributed by atoms with Crippen molar-refractivity contribution < 1.29 is 0 Å². The van der Waals surface area contributed by atoms with E-state index in [-0.39, 0.29) is 5.54 Å². The summed E-state index contributed by atoms with van der Waals surface area (Å²) in [5, 5.41) is 7.40. The summed E-state index contributed by atoms with van der Waals surface area (Å²) in [4.78, 5) is 0. The van der Waals surface area contributed by atoms with Crippen molar-refractivity contribution in [2.75, 3.05) is 5.73 Å². The van der Waals surface area contributed by atoms with Crippen LogP contribution in [0.25, 0.3) is 0 Å². The largest absolute Gasteiger partial charge is 0.381 e. The lowest BCUT2D eigenvalue weighted by atomic mass is 10.1. The Hall–Kier alpha value is -1.10. The Morgan fingerprint density at radius 1 is 1.64 bits per heavy atom. The van der Waals surface area contributed by atoms with E-state index in [1.807, 2.05) is 13.8 Å². The van der Waals surface area contributed by atoms with Crippen molar-refractivity contribution in [1.82, 2.24) is 15.0 Å². The number of rotatable bonds is 2. The minimum Gasteiger partial charge on any atom is -0.381 e. The molecule has 11 heavy (non-hydrogen) atoms. The molecule has 62 valence electrons. The van der Waals surface area contributed by atoms with Crippen LogP contribution in [0.3, 0.4) is 0 Å². The molecule has 0 aliphatic rings. The first-order chi connectivity index (χ1) is 4.97. The lowest BCUT2D eigenvalue weighted by Crippen LogP contribution is -2.37. The van der Waals surface area contributed by atoms with E-state index in [0.717, 1.165) is 0 Å². The molecule has 0 spiro atoms. The lowest BCUT2D eigenvalue weighted by Gasteiger charge is -2.16. The van der Waals surface area contributed by atoms with E-state index in [9.17, 15) is 0 Å². The Labute approximate surface area is 65.4 Å². The second kappa shape index (κ2) is 2.50. The summed E-state index contributed by atoms with van der Waals surface area (Å²) >= 11 is 0. The standard InChI is InChI=1S/C6H13N5/c1-6(2,8)4-11-3-5(7)9-10-11/h3H,4,7-8H2,1-2H3. The van der Waals surface area contributed by atoms with Gasteiger partial charge < -0.3 is 11.5 Å². The van der Waals surface area contributed by atoms with Crippen LogP contribution >= 0.6 is 0 Å². The molecule has 1 rings (SSSR count). The molecule has 0 saturated heterocycles. The maximum Gasteiger partial charge on any atom is 0.165 e. The highest BCUT2D eigenvalue weighted by Gasteiger charge is 2.11. The summed E-state index contributed by atoms with van der Waals surface area (Å²) in [7, 11) is 0. The van der Waals surface area contributed by atoms with Gasteiger partial charge in [-0.3, -0.25) is 0 Å². The van der Waals surface area contributed by atoms with Gasteiger partial charge in [-0.15, -0.1) is 5.10 Å². The molecule has 0 aliphatic carbocycles. The van der Waals surface area contributed by atoms with Crippen LogP contribution < -0.4 is 11.5 Å². The predicted molar refractivity (Wildman–Crippen MR) is 42.7 cm³/mol. The second-order valence-electron chi connectivity index (χ2n) is 3.33. The second-order valence-corrected chi connectivity index (χ2v) is 3.33. The number of hydrogen-bond acceptors (Lipinski definition) is 4. The van der Waals surface area contributed by atoms with Gasteiger partial charge in [0.15, 0.2) is 5.82 Å². The highest BCUT2D eigenvalue weighted by Crippen LogP contribution is 2.01. The molecular formula is C6H13N5. The van der Waals surface area contributed by atoms with Crippen molar-refractivity contribution >= 4 is 5.82 Å². The van der Waals surface area contributed by atoms with Gasteiger partial charge in [0.2, 0.25) is 0 Å². The zero-order valence-electron chi connectivity index (χ0n) is 6.78. The molecular weight excluding hydrogens is 142 g/mol. The normalized spacial score (nSPS) is 11.9. The van der Waals surface area contributed by atoms with Crippen molar-refractivity contribution in [2.24, 2.45) is 5.73 Å². The van der Waals surface area contributed by atoms with E-state index in [1.165, 1.54) is 0 Å². The molecule has 1 aromatic heterocycles. The van der Waals surface area contributed by atoms with Gasteiger partial charge in [0.05, 0.1) is 12.7 Å². The van der Waals surface area contributed by atoms with Crippen LogP contribution in [-0.4, -0.2) is 20.5 Å². The van der Waals surface area contributed by atoms with E-state index in [4.69, 9.17) is 11.5 Å². The highest BCUT2D eigenvalue weighted by atomic mass is 15.4. The van der Waals surface area contributed by atoms with Crippen LogP contribution in [0.15, 0.2) is 6.20 Å². The number of anilines is 1. The molecule has 0 radical (unpaired) electrons. The number of aromatic nitrogens is 3. The van der Waals surface area contributed by atoms with Crippen molar-refractivity contribution in [3.63, 3.8) is 0 Å². The maximum absolute atomic E-state index is 5.75. The molecule has 0 aliphatic heterocycles. The van der Waals surface area contributed by atoms with Crippen LogP contribution in [0.1, 0.15) is 13.8 Å². The Morgan fingerprint density at radius 2 is 2.27 bits per heavy atom. The summed E-state index contributed by atoms with van der Waals surface area (Å²) in [5.74, 6) is 0.425. The van der Waals surface area contributed by atoms with E-state index in [1.54, 1.807) is 10.9 Å². The van der Waals surface area contributed by atoms with Gasteiger partial charge >= 0.3 is 0 Å². The molecule has 0 atom stereocenters. The molecule has 0 unspecified atom stereocenters. The molecule has 0 saturated carbocycles. The summed E-state index contributed by atoms with van der Waals surface area (Å²) in [5.41, 5.74) is 10.8. The fourth-order valence-corrected chi connectivity index (χ4v) is 0.808. The third kappa shape index (κ3) is 2.55. The third-order valence-electron chi connectivity index (χ3n) is 1.13. The molecule has 5 heteroatoms.